The molecule has 2 atom stereocenters. The average Bonchev–Trinajstić information content (AvgIpc) is 3.22. The third kappa shape index (κ3) is 2.25. The van der Waals surface area contributed by atoms with Gasteiger partial charge in [-0.3, -0.25) is 9.59 Å². The summed E-state index contributed by atoms with van der Waals surface area (Å²) in [4.78, 5) is 25.0. The van der Waals surface area contributed by atoms with Crippen LogP contribution in [0.15, 0.2) is 0 Å². The predicted octanol–water partition coefficient (Wildman–Crippen LogP) is 1.89. The van der Waals surface area contributed by atoms with Crippen LogP contribution in [0.5, 0.6) is 0 Å². The first-order valence-corrected chi connectivity index (χ1v) is 7.21. The molecule has 0 bridgehead atoms. The molecule has 3 fully saturated rings. The summed E-state index contributed by atoms with van der Waals surface area (Å²) in [6.07, 6.45) is 7.16. The van der Waals surface area contributed by atoms with Crippen molar-refractivity contribution >= 4 is 11.9 Å². The molecule has 18 heavy (non-hydrogen) atoms. The molecule has 0 heterocycles. The van der Waals surface area contributed by atoms with Gasteiger partial charge in [0.25, 0.3) is 0 Å². The van der Waals surface area contributed by atoms with Crippen LogP contribution in [0, 0.1) is 17.8 Å². The molecule has 0 aliphatic heterocycles. The molecule has 0 aromatic rings. The molecule has 0 saturated heterocycles. The van der Waals surface area contributed by atoms with E-state index in [2.05, 4.69) is 0 Å². The maximum absolute atomic E-state index is 12.5. The van der Waals surface area contributed by atoms with Gasteiger partial charge in [-0.15, -0.1) is 0 Å². The fourth-order valence-corrected chi connectivity index (χ4v) is 3.63. The van der Waals surface area contributed by atoms with Gasteiger partial charge in [0.15, 0.2) is 0 Å². The second-order valence-corrected chi connectivity index (χ2v) is 6.04. The van der Waals surface area contributed by atoms with Gasteiger partial charge < -0.3 is 10.0 Å². The Morgan fingerprint density at radius 2 is 1.67 bits per heavy atom. The van der Waals surface area contributed by atoms with Crippen molar-refractivity contribution in [3.63, 3.8) is 0 Å². The van der Waals surface area contributed by atoms with E-state index in [1.54, 1.807) is 0 Å². The number of carboxylic acids is 1. The first-order valence-electron chi connectivity index (χ1n) is 7.21. The Morgan fingerprint density at radius 1 is 1.06 bits per heavy atom. The van der Waals surface area contributed by atoms with Crippen molar-refractivity contribution in [2.24, 2.45) is 17.8 Å². The van der Waals surface area contributed by atoms with Crippen molar-refractivity contribution in [1.29, 1.82) is 0 Å². The van der Waals surface area contributed by atoms with Gasteiger partial charge in [-0.1, -0.05) is 12.8 Å². The van der Waals surface area contributed by atoms with Crippen molar-refractivity contribution in [3.8, 4) is 0 Å². The maximum atomic E-state index is 12.5. The fraction of sp³-hybridized carbons (Fsp3) is 0.857. The second kappa shape index (κ2) is 4.56. The highest BCUT2D eigenvalue weighted by Gasteiger charge is 2.56. The zero-order chi connectivity index (χ0) is 12.7. The topological polar surface area (TPSA) is 57.6 Å². The van der Waals surface area contributed by atoms with E-state index < -0.39 is 5.97 Å². The number of carboxylic acid groups (broad SMARTS) is 1. The lowest BCUT2D eigenvalue weighted by Gasteiger charge is -2.22. The largest absolute Gasteiger partial charge is 0.481 e. The number of amides is 1. The Kier molecular flexibility index (Phi) is 3.04. The molecule has 0 aromatic carbocycles. The van der Waals surface area contributed by atoms with Gasteiger partial charge in [0.1, 0.15) is 0 Å². The number of rotatable bonds is 5. The number of nitrogens with zero attached hydrogens (tertiary/aromatic N) is 1. The monoisotopic (exact) mass is 251 g/mol. The van der Waals surface area contributed by atoms with Gasteiger partial charge in [0, 0.05) is 18.5 Å². The minimum absolute atomic E-state index is 0.0876. The molecule has 3 saturated carbocycles. The standard InChI is InChI=1S/C14H21NO3/c16-12(17)7-8-15(9-5-6-9)14(18)13-10-3-1-2-4-11(10)13/h9-11,13H,1-8H2,(H,16,17). The summed E-state index contributed by atoms with van der Waals surface area (Å²) in [7, 11) is 0. The van der Waals surface area contributed by atoms with E-state index in [-0.39, 0.29) is 18.2 Å². The first-order chi connectivity index (χ1) is 8.68. The average molecular weight is 251 g/mol. The molecule has 2 unspecified atom stereocenters. The molecule has 1 amide bonds. The number of hydrogen-bond donors (Lipinski definition) is 1. The quantitative estimate of drug-likeness (QED) is 0.811. The van der Waals surface area contributed by atoms with Crippen LogP contribution in [0.25, 0.3) is 0 Å². The maximum Gasteiger partial charge on any atom is 0.305 e. The highest BCUT2D eigenvalue weighted by molar-refractivity contribution is 5.83. The fourth-order valence-electron chi connectivity index (χ4n) is 3.63. The van der Waals surface area contributed by atoms with Crippen LogP contribution in [-0.2, 0) is 9.59 Å². The molecule has 4 nitrogen and oxygen atoms in total. The van der Waals surface area contributed by atoms with E-state index in [0.717, 1.165) is 12.8 Å². The molecular weight excluding hydrogens is 230 g/mol. The van der Waals surface area contributed by atoms with Gasteiger partial charge in [0.05, 0.1) is 6.42 Å². The zero-order valence-corrected chi connectivity index (χ0v) is 10.7. The molecule has 0 aromatic heterocycles. The molecular formula is C14H21NO3. The minimum Gasteiger partial charge on any atom is -0.481 e. The van der Waals surface area contributed by atoms with E-state index in [9.17, 15) is 9.59 Å². The minimum atomic E-state index is -0.804. The zero-order valence-electron chi connectivity index (χ0n) is 10.7. The van der Waals surface area contributed by atoms with Gasteiger partial charge in [-0.25, -0.2) is 0 Å². The van der Waals surface area contributed by atoms with Crippen molar-refractivity contribution in [3.05, 3.63) is 0 Å². The van der Waals surface area contributed by atoms with Crippen molar-refractivity contribution in [1.82, 2.24) is 4.90 Å². The van der Waals surface area contributed by atoms with Gasteiger partial charge in [-0.05, 0) is 37.5 Å². The molecule has 3 rings (SSSR count). The van der Waals surface area contributed by atoms with E-state index in [1.165, 1.54) is 25.7 Å². The summed E-state index contributed by atoms with van der Waals surface area (Å²) in [6, 6.07) is 0.347. The van der Waals surface area contributed by atoms with Gasteiger partial charge in [-0.2, -0.15) is 0 Å². The lowest BCUT2D eigenvalue weighted by molar-refractivity contribution is -0.139. The van der Waals surface area contributed by atoms with Crippen LogP contribution in [0.4, 0.5) is 0 Å². The van der Waals surface area contributed by atoms with Crippen molar-refractivity contribution in [2.75, 3.05) is 6.54 Å². The third-order valence-electron chi connectivity index (χ3n) is 4.78. The van der Waals surface area contributed by atoms with Crippen LogP contribution in [-0.4, -0.2) is 34.5 Å². The third-order valence-corrected chi connectivity index (χ3v) is 4.78. The van der Waals surface area contributed by atoms with E-state index >= 15 is 0 Å². The second-order valence-electron chi connectivity index (χ2n) is 6.04. The summed E-state index contributed by atoms with van der Waals surface area (Å²) < 4.78 is 0. The van der Waals surface area contributed by atoms with Crippen molar-refractivity contribution in [2.45, 2.75) is 51.0 Å². The summed E-state index contributed by atoms with van der Waals surface area (Å²) in [5, 5.41) is 8.77. The van der Waals surface area contributed by atoms with Gasteiger partial charge >= 0.3 is 5.97 Å². The van der Waals surface area contributed by atoms with E-state index in [4.69, 9.17) is 5.11 Å². The normalized spacial score (nSPS) is 33.7. The van der Waals surface area contributed by atoms with Crippen LogP contribution in [0.1, 0.15) is 44.9 Å². The lowest BCUT2D eigenvalue weighted by Crippen LogP contribution is -2.36. The Bertz CT molecular complexity index is 352. The summed E-state index contributed by atoms with van der Waals surface area (Å²) in [5.41, 5.74) is 0. The van der Waals surface area contributed by atoms with Crippen LogP contribution < -0.4 is 0 Å². The smallest absolute Gasteiger partial charge is 0.305 e. The SMILES string of the molecule is O=C(O)CCN(C(=O)C1C2CCCCC21)C1CC1. The highest BCUT2D eigenvalue weighted by Crippen LogP contribution is 2.56. The number of fused-ring (bicyclic) bond motifs is 1. The molecule has 3 aliphatic carbocycles. The summed E-state index contributed by atoms with van der Waals surface area (Å²) in [5.74, 6) is 0.939. The van der Waals surface area contributed by atoms with E-state index in [1.807, 2.05) is 4.90 Å². The Hall–Kier alpha value is -1.06. The Morgan fingerprint density at radius 3 is 2.17 bits per heavy atom. The number of hydrogen-bond acceptors (Lipinski definition) is 2. The molecule has 0 spiro atoms. The highest BCUT2D eigenvalue weighted by atomic mass is 16.4. The lowest BCUT2D eigenvalue weighted by atomic mass is 10.0. The number of carbonyl (C=O) groups is 2. The van der Waals surface area contributed by atoms with Crippen molar-refractivity contribution < 1.29 is 14.7 Å². The molecule has 100 valence electrons. The Balaban J connectivity index is 1.60. The first kappa shape index (κ1) is 12.0. The molecule has 3 aliphatic rings. The predicted molar refractivity (Wildman–Crippen MR) is 65.9 cm³/mol. The van der Waals surface area contributed by atoms with E-state index in [0.29, 0.717) is 24.4 Å². The van der Waals surface area contributed by atoms with Crippen LogP contribution >= 0.6 is 0 Å². The van der Waals surface area contributed by atoms with Crippen LogP contribution in [0.2, 0.25) is 0 Å². The number of aliphatic carboxylic acids is 1. The molecule has 0 radical (unpaired) electrons. The molecule has 1 N–H and O–H groups in total. The summed E-state index contributed by atoms with van der Waals surface area (Å²) in [6.45, 7) is 0.411. The van der Waals surface area contributed by atoms with Gasteiger partial charge in [0.2, 0.25) is 5.91 Å². The van der Waals surface area contributed by atoms with Crippen LogP contribution in [0.3, 0.4) is 0 Å². The summed E-state index contributed by atoms with van der Waals surface area (Å²) >= 11 is 0. The Labute approximate surface area is 107 Å². The molecule has 4 heteroatoms. The number of carbonyl (C=O) groups excluding carboxylic acids is 1.